The van der Waals surface area contributed by atoms with Crippen molar-refractivity contribution in [2.45, 2.75) is 20.4 Å². The fraction of sp³-hybridized carbons (Fsp3) is 0.176. The van der Waals surface area contributed by atoms with Crippen LogP contribution >= 0.6 is 0 Å². The second-order valence-electron chi connectivity index (χ2n) is 5.40. The van der Waals surface area contributed by atoms with Crippen LogP contribution in [0.3, 0.4) is 0 Å². The van der Waals surface area contributed by atoms with Crippen LogP contribution in [-0.4, -0.2) is 11.2 Å². The Hall–Kier alpha value is -2.89. The van der Waals surface area contributed by atoms with Gasteiger partial charge in [0.05, 0.1) is 6.54 Å². The van der Waals surface area contributed by atoms with Crippen molar-refractivity contribution in [3.8, 4) is 0 Å². The van der Waals surface area contributed by atoms with E-state index in [-0.39, 0.29) is 12.4 Å². The summed E-state index contributed by atoms with van der Waals surface area (Å²) in [7, 11) is 0. The molecule has 0 aliphatic heterocycles. The van der Waals surface area contributed by atoms with Crippen LogP contribution < -0.4 is 10.6 Å². The lowest BCUT2D eigenvalue weighted by Gasteiger charge is -2.07. The first-order chi connectivity index (χ1) is 11.0. The quantitative estimate of drug-likeness (QED) is 0.770. The molecule has 3 rings (SSSR count). The zero-order valence-electron chi connectivity index (χ0n) is 12.8. The van der Waals surface area contributed by atoms with Crippen LogP contribution in [0.25, 0.3) is 11.0 Å². The van der Waals surface area contributed by atoms with E-state index in [9.17, 15) is 9.18 Å². The Morgan fingerprint density at radius 1 is 1.22 bits per heavy atom. The predicted molar refractivity (Wildman–Crippen MR) is 85.7 cm³/mol. The first-order valence-corrected chi connectivity index (χ1v) is 7.19. The maximum Gasteiger partial charge on any atom is 0.319 e. The molecule has 0 spiro atoms. The molecule has 0 atom stereocenters. The molecule has 0 radical (unpaired) electrons. The van der Waals surface area contributed by atoms with Gasteiger partial charge in [0.25, 0.3) is 0 Å². The minimum atomic E-state index is -0.433. The molecule has 0 fully saturated rings. The molecule has 0 aliphatic rings. The number of urea groups is 1. The topological polar surface area (TPSA) is 67.2 Å². The highest BCUT2D eigenvalue weighted by atomic mass is 19.1. The van der Waals surface area contributed by atoms with Crippen molar-refractivity contribution in [1.82, 2.24) is 10.5 Å². The highest BCUT2D eigenvalue weighted by Crippen LogP contribution is 2.19. The fourth-order valence-electron chi connectivity index (χ4n) is 2.24. The Morgan fingerprint density at radius 2 is 2.04 bits per heavy atom. The summed E-state index contributed by atoms with van der Waals surface area (Å²) in [4.78, 5) is 11.9. The lowest BCUT2D eigenvalue weighted by molar-refractivity contribution is 0.251. The van der Waals surface area contributed by atoms with E-state index < -0.39 is 6.03 Å². The molecule has 1 aromatic heterocycles. The van der Waals surface area contributed by atoms with E-state index in [2.05, 4.69) is 15.8 Å². The number of hydrogen-bond acceptors (Lipinski definition) is 3. The van der Waals surface area contributed by atoms with Gasteiger partial charge >= 0.3 is 6.03 Å². The van der Waals surface area contributed by atoms with Gasteiger partial charge in [-0.15, -0.1) is 0 Å². The van der Waals surface area contributed by atoms with Gasteiger partial charge in [-0.25, -0.2) is 9.18 Å². The maximum absolute atomic E-state index is 13.5. The average molecular weight is 313 g/mol. The molecule has 5 nitrogen and oxygen atoms in total. The van der Waals surface area contributed by atoms with Crippen LogP contribution in [0.4, 0.5) is 14.9 Å². The van der Waals surface area contributed by atoms with Gasteiger partial charge < -0.3 is 15.2 Å². The molecule has 118 valence electrons. The number of fused-ring (bicyclic) bond motifs is 1. The molecule has 6 heteroatoms. The van der Waals surface area contributed by atoms with Crippen molar-refractivity contribution in [3.05, 3.63) is 59.0 Å². The highest BCUT2D eigenvalue weighted by molar-refractivity contribution is 5.89. The third-order valence-corrected chi connectivity index (χ3v) is 3.55. The van der Waals surface area contributed by atoms with Crippen molar-refractivity contribution in [2.75, 3.05) is 5.32 Å². The van der Waals surface area contributed by atoms with Gasteiger partial charge in [0, 0.05) is 11.1 Å². The lowest BCUT2D eigenvalue weighted by atomic mass is 10.1. The minimum absolute atomic E-state index is 0.219. The number of anilines is 1. The van der Waals surface area contributed by atoms with Crippen molar-refractivity contribution in [2.24, 2.45) is 0 Å². The molecule has 0 saturated carbocycles. The Kier molecular flexibility index (Phi) is 3.97. The van der Waals surface area contributed by atoms with Gasteiger partial charge in [-0.1, -0.05) is 22.9 Å². The number of halogens is 1. The van der Waals surface area contributed by atoms with E-state index in [0.29, 0.717) is 22.5 Å². The number of nitrogens with zero attached hydrogens (tertiary/aromatic N) is 1. The summed E-state index contributed by atoms with van der Waals surface area (Å²) in [6.45, 7) is 3.86. The van der Waals surface area contributed by atoms with Gasteiger partial charge in [-0.2, -0.15) is 0 Å². The van der Waals surface area contributed by atoms with Gasteiger partial charge in [0.2, 0.25) is 0 Å². The van der Waals surface area contributed by atoms with E-state index in [0.717, 1.165) is 10.9 Å². The van der Waals surface area contributed by atoms with Crippen LogP contribution in [0.5, 0.6) is 0 Å². The second-order valence-corrected chi connectivity index (χ2v) is 5.40. The van der Waals surface area contributed by atoms with Crippen LogP contribution in [0.1, 0.15) is 16.8 Å². The van der Waals surface area contributed by atoms with Crippen molar-refractivity contribution < 1.29 is 13.7 Å². The molecule has 0 bridgehead atoms. The van der Waals surface area contributed by atoms with E-state index in [1.165, 1.54) is 6.07 Å². The summed E-state index contributed by atoms with van der Waals surface area (Å²) in [5, 5.41) is 10.1. The average Bonchev–Trinajstić information content (AvgIpc) is 2.91. The molecular weight excluding hydrogens is 297 g/mol. The minimum Gasteiger partial charge on any atom is -0.356 e. The Balaban J connectivity index is 1.66. The number of aromatic nitrogens is 1. The van der Waals surface area contributed by atoms with Crippen molar-refractivity contribution in [3.63, 3.8) is 0 Å². The van der Waals surface area contributed by atoms with E-state index in [4.69, 9.17) is 4.52 Å². The zero-order chi connectivity index (χ0) is 16.4. The Morgan fingerprint density at radius 3 is 2.83 bits per heavy atom. The molecule has 3 aromatic rings. The predicted octanol–water partition coefficient (Wildman–Crippen LogP) is 3.91. The van der Waals surface area contributed by atoms with E-state index in [1.54, 1.807) is 19.1 Å². The lowest BCUT2D eigenvalue weighted by Crippen LogP contribution is -2.28. The molecule has 2 amide bonds. The summed E-state index contributed by atoms with van der Waals surface area (Å²) in [6.07, 6.45) is 0. The Bertz CT molecular complexity index is 873. The van der Waals surface area contributed by atoms with Crippen LogP contribution in [0.15, 0.2) is 40.9 Å². The molecule has 0 saturated heterocycles. The number of benzene rings is 2. The molecule has 1 heterocycles. The second kappa shape index (κ2) is 6.08. The molecule has 0 aliphatic carbocycles. The summed E-state index contributed by atoms with van der Waals surface area (Å²) < 4.78 is 18.7. The number of aryl methyl sites for hydroxylation is 2. The maximum atomic E-state index is 13.5. The molecule has 2 aromatic carbocycles. The molecule has 2 N–H and O–H groups in total. The third kappa shape index (κ3) is 3.31. The summed E-state index contributed by atoms with van der Waals surface area (Å²) in [6, 6.07) is 9.84. The largest absolute Gasteiger partial charge is 0.356 e. The highest BCUT2D eigenvalue weighted by Gasteiger charge is 2.10. The molecular formula is C17H16FN3O2. The SMILES string of the molecule is Cc1ccc2onc(CNC(=O)Nc3ccc(C)c(F)c3)c2c1. The third-order valence-electron chi connectivity index (χ3n) is 3.55. The Labute approximate surface area is 132 Å². The molecule has 23 heavy (non-hydrogen) atoms. The van der Waals surface area contributed by atoms with E-state index >= 15 is 0 Å². The van der Waals surface area contributed by atoms with Crippen molar-refractivity contribution in [1.29, 1.82) is 0 Å². The number of carbonyl (C=O) groups is 1. The summed E-state index contributed by atoms with van der Waals surface area (Å²) in [5.74, 6) is -0.360. The number of rotatable bonds is 3. The first-order valence-electron chi connectivity index (χ1n) is 7.19. The number of carbonyl (C=O) groups excluding carboxylic acids is 1. The van der Waals surface area contributed by atoms with Gasteiger partial charge in [-0.05, 0) is 43.7 Å². The summed E-state index contributed by atoms with van der Waals surface area (Å²) >= 11 is 0. The van der Waals surface area contributed by atoms with Crippen molar-refractivity contribution >= 4 is 22.7 Å². The smallest absolute Gasteiger partial charge is 0.319 e. The first kappa shape index (κ1) is 15.0. The monoisotopic (exact) mass is 313 g/mol. The van der Waals surface area contributed by atoms with Gasteiger partial charge in [0.1, 0.15) is 11.5 Å². The number of hydrogen-bond donors (Lipinski definition) is 2. The summed E-state index contributed by atoms with van der Waals surface area (Å²) in [5.41, 5.74) is 3.33. The number of nitrogens with one attached hydrogen (secondary N) is 2. The fourth-order valence-corrected chi connectivity index (χ4v) is 2.24. The number of amides is 2. The standard InChI is InChI=1S/C17H16FN3O2/c1-10-3-6-16-13(7-10)15(21-23-16)9-19-17(22)20-12-5-4-11(2)14(18)8-12/h3-8H,9H2,1-2H3,(H2,19,20,22). The zero-order valence-corrected chi connectivity index (χ0v) is 12.8. The van der Waals surface area contributed by atoms with Gasteiger partial charge in [-0.3, -0.25) is 0 Å². The van der Waals surface area contributed by atoms with Crippen LogP contribution in [0, 0.1) is 19.7 Å². The van der Waals surface area contributed by atoms with Crippen LogP contribution in [-0.2, 0) is 6.54 Å². The molecule has 0 unspecified atom stereocenters. The normalized spacial score (nSPS) is 10.7. The van der Waals surface area contributed by atoms with Crippen LogP contribution in [0.2, 0.25) is 0 Å². The van der Waals surface area contributed by atoms with Gasteiger partial charge in [0.15, 0.2) is 5.58 Å². The van der Waals surface area contributed by atoms with E-state index in [1.807, 2.05) is 25.1 Å².